The Morgan fingerprint density at radius 2 is 2.43 bits per heavy atom. The van der Waals surface area contributed by atoms with Crippen LogP contribution in [-0.2, 0) is 4.74 Å². The van der Waals surface area contributed by atoms with Gasteiger partial charge in [0.2, 0.25) is 0 Å². The fourth-order valence-electron chi connectivity index (χ4n) is 1.35. The van der Waals surface area contributed by atoms with Gasteiger partial charge in [-0.25, -0.2) is 4.79 Å². The topological polar surface area (TPSA) is 58.6 Å². The van der Waals surface area contributed by atoms with E-state index in [0.717, 1.165) is 0 Å². The van der Waals surface area contributed by atoms with Crippen molar-refractivity contribution in [3.05, 3.63) is 0 Å². The maximum atomic E-state index is 11.0. The van der Waals surface area contributed by atoms with Crippen LogP contribution in [0.3, 0.4) is 0 Å². The minimum atomic E-state index is -0.426. The molecule has 82 valence electrons. The number of carbonyl (C=O) groups excluding carboxylic acids is 1. The molecule has 0 aromatic rings. The number of aliphatic hydroxyl groups excluding tert-OH is 1. The summed E-state index contributed by atoms with van der Waals surface area (Å²) >= 11 is 1.91. The highest BCUT2D eigenvalue weighted by Gasteiger charge is 2.14. The lowest BCUT2D eigenvalue weighted by Crippen LogP contribution is -2.32. The van der Waals surface area contributed by atoms with Crippen molar-refractivity contribution in [1.29, 1.82) is 0 Å². The second-order valence-electron chi connectivity index (χ2n) is 3.23. The zero-order chi connectivity index (χ0) is 10.2. The van der Waals surface area contributed by atoms with Gasteiger partial charge in [-0.15, -0.1) is 0 Å². The van der Waals surface area contributed by atoms with Crippen molar-refractivity contribution >= 4 is 17.9 Å². The Morgan fingerprint density at radius 3 is 3.07 bits per heavy atom. The summed E-state index contributed by atoms with van der Waals surface area (Å²) < 4.78 is 4.67. The van der Waals surface area contributed by atoms with Crippen molar-refractivity contribution < 1.29 is 14.6 Å². The van der Waals surface area contributed by atoms with Gasteiger partial charge in [-0.2, -0.15) is 11.8 Å². The minimum absolute atomic E-state index is 0.0731. The molecule has 0 radical (unpaired) electrons. The highest BCUT2D eigenvalue weighted by Crippen LogP contribution is 2.24. The number of alkyl carbamates (subject to hydrolysis) is 1. The van der Waals surface area contributed by atoms with Crippen LogP contribution in [0.1, 0.15) is 19.3 Å². The molecule has 0 aliphatic carbocycles. The van der Waals surface area contributed by atoms with Gasteiger partial charge in [-0.1, -0.05) is 6.42 Å². The smallest absolute Gasteiger partial charge is 0.407 e. The Morgan fingerprint density at radius 1 is 1.57 bits per heavy atom. The van der Waals surface area contributed by atoms with Crippen molar-refractivity contribution in [3.8, 4) is 0 Å². The van der Waals surface area contributed by atoms with Crippen LogP contribution >= 0.6 is 11.8 Å². The maximum Gasteiger partial charge on any atom is 0.407 e. The van der Waals surface area contributed by atoms with Gasteiger partial charge in [0.15, 0.2) is 0 Å². The van der Waals surface area contributed by atoms with Gasteiger partial charge in [0.25, 0.3) is 0 Å². The van der Waals surface area contributed by atoms with E-state index < -0.39 is 6.09 Å². The molecule has 1 aliphatic heterocycles. The second-order valence-corrected chi connectivity index (χ2v) is 4.64. The highest BCUT2D eigenvalue weighted by atomic mass is 32.2. The van der Waals surface area contributed by atoms with Gasteiger partial charge in [0, 0.05) is 11.8 Å². The molecule has 1 atom stereocenters. The predicted molar refractivity (Wildman–Crippen MR) is 56.5 cm³/mol. The van der Waals surface area contributed by atoms with Gasteiger partial charge in [0.05, 0.1) is 6.61 Å². The van der Waals surface area contributed by atoms with E-state index in [2.05, 4.69) is 10.1 Å². The number of hydrogen-bond donors (Lipinski definition) is 2. The van der Waals surface area contributed by atoms with Crippen LogP contribution in [-0.4, -0.2) is 42.0 Å². The number of aliphatic hydroxyl groups is 1. The summed E-state index contributed by atoms with van der Waals surface area (Å²) in [6.45, 7) is 0.629. The van der Waals surface area contributed by atoms with Crippen LogP contribution in [0.2, 0.25) is 0 Å². The van der Waals surface area contributed by atoms with Gasteiger partial charge in [0.1, 0.15) is 6.61 Å². The van der Waals surface area contributed by atoms with Gasteiger partial charge < -0.3 is 15.2 Å². The van der Waals surface area contributed by atoms with E-state index in [0.29, 0.717) is 11.8 Å². The monoisotopic (exact) mass is 219 g/mol. The van der Waals surface area contributed by atoms with Crippen LogP contribution in [0.4, 0.5) is 4.79 Å². The highest BCUT2D eigenvalue weighted by molar-refractivity contribution is 7.99. The van der Waals surface area contributed by atoms with Gasteiger partial charge >= 0.3 is 6.09 Å². The molecule has 14 heavy (non-hydrogen) atoms. The molecule has 0 aromatic heterocycles. The molecule has 4 nitrogen and oxygen atoms in total. The minimum Gasteiger partial charge on any atom is -0.447 e. The molecule has 0 saturated carbocycles. The van der Waals surface area contributed by atoms with E-state index in [4.69, 9.17) is 5.11 Å². The van der Waals surface area contributed by atoms with Crippen LogP contribution in [0, 0.1) is 0 Å². The lowest BCUT2D eigenvalue weighted by molar-refractivity contribution is 0.119. The average molecular weight is 219 g/mol. The fourth-order valence-corrected chi connectivity index (χ4v) is 2.59. The van der Waals surface area contributed by atoms with E-state index >= 15 is 0 Å². The number of thioether (sulfide) groups is 1. The molecule has 2 N–H and O–H groups in total. The summed E-state index contributed by atoms with van der Waals surface area (Å²) in [6, 6.07) is 0. The molecular weight excluding hydrogens is 202 g/mol. The number of nitrogens with one attached hydrogen (secondary N) is 1. The normalized spacial score (nSPS) is 21.6. The van der Waals surface area contributed by atoms with Crippen molar-refractivity contribution in [3.63, 3.8) is 0 Å². The Hall–Kier alpha value is -0.420. The summed E-state index contributed by atoms with van der Waals surface area (Å²) in [5.41, 5.74) is 0. The number of carbonyl (C=O) groups is 1. The molecule has 5 heteroatoms. The fraction of sp³-hybridized carbons (Fsp3) is 0.889. The average Bonchev–Trinajstić information content (AvgIpc) is 2.25. The summed E-state index contributed by atoms with van der Waals surface area (Å²) in [4.78, 5) is 11.0. The zero-order valence-electron chi connectivity index (χ0n) is 8.20. The summed E-state index contributed by atoms with van der Waals surface area (Å²) in [5, 5.41) is 11.6. The summed E-state index contributed by atoms with van der Waals surface area (Å²) in [7, 11) is 0. The first-order chi connectivity index (χ1) is 6.83. The number of ether oxygens (including phenoxy) is 1. The lowest BCUT2D eigenvalue weighted by atomic mass is 10.2. The van der Waals surface area contributed by atoms with E-state index in [1.807, 2.05) is 11.8 Å². The number of rotatable bonds is 4. The van der Waals surface area contributed by atoms with Gasteiger partial charge in [-0.3, -0.25) is 0 Å². The summed E-state index contributed by atoms with van der Waals surface area (Å²) in [5.74, 6) is 1.19. The summed E-state index contributed by atoms with van der Waals surface area (Å²) in [6.07, 6.45) is 3.29. The van der Waals surface area contributed by atoms with Crippen LogP contribution in [0.5, 0.6) is 0 Å². The largest absolute Gasteiger partial charge is 0.447 e. The third-order valence-electron chi connectivity index (χ3n) is 2.07. The number of hydrogen-bond acceptors (Lipinski definition) is 4. The Balaban J connectivity index is 2.03. The maximum absolute atomic E-state index is 11.0. The first-order valence-corrected chi connectivity index (χ1v) is 6.01. The molecule has 0 bridgehead atoms. The molecule has 1 heterocycles. The van der Waals surface area contributed by atoms with Crippen LogP contribution in [0.25, 0.3) is 0 Å². The molecule has 0 spiro atoms. The van der Waals surface area contributed by atoms with Gasteiger partial charge in [-0.05, 0) is 18.6 Å². The van der Waals surface area contributed by atoms with E-state index in [1.54, 1.807) is 0 Å². The van der Waals surface area contributed by atoms with E-state index in [1.165, 1.54) is 25.0 Å². The van der Waals surface area contributed by atoms with Crippen LogP contribution in [0.15, 0.2) is 0 Å². The molecule has 1 rings (SSSR count). The Bertz CT molecular complexity index is 171. The molecule has 1 unspecified atom stereocenters. The lowest BCUT2D eigenvalue weighted by Gasteiger charge is -2.21. The standard InChI is InChI=1S/C9H17NO3S/c11-4-5-13-9(12)10-7-8-3-1-2-6-14-8/h8,11H,1-7H2,(H,10,12). The molecule has 1 fully saturated rings. The predicted octanol–water partition coefficient (Wildman–Crippen LogP) is 0.991. The molecule has 1 aliphatic rings. The van der Waals surface area contributed by atoms with Crippen molar-refractivity contribution in [2.45, 2.75) is 24.5 Å². The first-order valence-electron chi connectivity index (χ1n) is 4.96. The van der Waals surface area contributed by atoms with Crippen molar-refractivity contribution in [1.82, 2.24) is 5.32 Å². The molecule has 1 saturated heterocycles. The SMILES string of the molecule is O=C(NCC1CCCCS1)OCCO. The van der Waals surface area contributed by atoms with Crippen molar-refractivity contribution in [2.75, 3.05) is 25.5 Å². The van der Waals surface area contributed by atoms with E-state index in [9.17, 15) is 4.79 Å². The molecular formula is C9H17NO3S. The second kappa shape index (κ2) is 6.95. The van der Waals surface area contributed by atoms with E-state index in [-0.39, 0.29) is 13.2 Å². The number of amides is 1. The third kappa shape index (κ3) is 4.72. The molecule has 1 amide bonds. The first kappa shape index (κ1) is 11.7. The Labute approximate surface area is 88.4 Å². The van der Waals surface area contributed by atoms with Crippen LogP contribution < -0.4 is 5.32 Å². The Kier molecular flexibility index (Phi) is 5.78. The third-order valence-corrected chi connectivity index (χ3v) is 3.47. The quantitative estimate of drug-likeness (QED) is 0.740. The zero-order valence-corrected chi connectivity index (χ0v) is 9.02. The van der Waals surface area contributed by atoms with Crippen molar-refractivity contribution in [2.24, 2.45) is 0 Å². The molecule has 0 aromatic carbocycles.